The minimum atomic E-state index is -0.797. The number of para-hydroxylation sites is 2. The van der Waals surface area contributed by atoms with Crippen molar-refractivity contribution in [2.75, 3.05) is 6.61 Å². The highest BCUT2D eigenvalue weighted by Crippen LogP contribution is 2.28. The first-order valence-electron chi connectivity index (χ1n) is 10.7. The first-order chi connectivity index (χ1) is 15.5. The number of carbonyl (C=O) groups is 1. The number of benzene rings is 3. The summed E-state index contributed by atoms with van der Waals surface area (Å²) in [6.45, 7) is 2.42. The maximum absolute atomic E-state index is 11.5. The van der Waals surface area contributed by atoms with Crippen LogP contribution in [-0.4, -0.2) is 33.3 Å². The summed E-state index contributed by atoms with van der Waals surface area (Å²) >= 11 is 0. The maximum Gasteiger partial charge on any atom is 0.225 e. The van der Waals surface area contributed by atoms with E-state index in [-0.39, 0.29) is 25.7 Å². The van der Waals surface area contributed by atoms with Crippen LogP contribution in [0.3, 0.4) is 0 Å². The van der Waals surface area contributed by atoms with E-state index >= 15 is 0 Å². The molecule has 32 heavy (non-hydrogen) atoms. The molecular formula is C26H27N3O3. The Balaban J connectivity index is 1.55. The zero-order valence-corrected chi connectivity index (χ0v) is 18.0. The SMILES string of the molecule is Cc1ccccc1C(OCC(O)Cn1c(CC(N)=O)nc2ccccc21)c1ccccc1. The fourth-order valence-corrected chi connectivity index (χ4v) is 3.97. The molecule has 0 spiro atoms. The summed E-state index contributed by atoms with van der Waals surface area (Å²) in [5.74, 6) is 0.0762. The molecule has 0 aliphatic carbocycles. The smallest absolute Gasteiger partial charge is 0.225 e. The monoisotopic (exact) mass is 429 g/mol. The maximum atomic E-state index is 11.5. The van der Waals surface area contributed by atoms with Crippen molar-refractivity contribution in [1.29, 1.82) is 0 Å². The highest BCUT2D eigenvalue weighted by molar-refractivity contribution is 5.80. The average Bonchev–Trinajstić information content (AvgIpc) is 3.12. The summed E-state index contributed by atoms with van der Waals surface area (Å²) in [6, 6.07) is 25.7. The van der Waals surface area contributed by atoms with Gasteiger partial charge in [-0.15, -0.1) is 0 Å². The highest BCUT2D eigenvalue weighted by Gasteiger charge is 2.20. The van der Waals surface area contributed by atoms with E-state index < -0.39 is 12.0 Å². The van der Waals surface area contributed by atoms with Crippen LogP contribution in [0.5, 0.6) is 0 Å². The third-order valence-corrected chi connectivity index (χ3v) is 5.49. The number of fused-ring (bicyclic) bond motifs is 1. The van der Waals surface area contributed by atoms with E-state index in [0.717, 1.165) is 27.7 Å². The molecule has 1 heterocycles. The number of nitrogens with two attached hydrogens (primary N) is 1. The Morgan fingerprint density at radius 3 is 2.47 bits per heavy atom. The van der Waals surface area contributed by atoms with Crippen LogP contribution < -0.4 is 5.73 Å². The van der Waals surface area contributed by atoms with Gasteiger partial charge in [-0.2, -0.15) is 0 Å². The number of carbonyl (C=O) groups excluding carboxylic acids is 1. The number of aromatic nitrogens is 2. The summed E-state index contributed by atoms with van der Waals surface area (Å²) in [6.07, 6.45) is -1.08. The van der Waals surface area contributed by atoms with Crippen LogP contribution in [0, 0.1) is 6.92 Å². The molecule has 2 unspecified atom stereocenters. The van der Waals surface area contributed by atoms with E-state index in [0.29, 0.717) is 5.82 Å². The van der Waals surface area contributed by atoms with Crippen LogP contribution in [0.1, 0.15) is 28.6 Å². The number of amides is 1. The normalized spacial score (nSPS) is 13.2. The number of ether oxygens (including phenoxy) is 1. The standard InChI is InChI=1S/C26H27N3O3/c1-18-9-5-6-12-21(18)26(19-10-3-2-4-11-19)32-17-20(30)16-29-23-14-8-7-13-22(23)28-25(29)15-24(27)31/h2-14,20,26,30H,15-17H2,1H3,(H2,27,31). The largest absolute Gasteiger partial charge is 0.389 e. The van der Waals surface area contributed by atoms with Gasteiger partial charge in [-0.1, -0.05) is 66.7 Å². The van der Waals surface area contributed by atoms with Gasteiger partial charge in [-0.25, -0.2) is 4.98 Å². The number of imidazole rings is 1. The van der Waals surface area contributed by atoms with E-state index in [4.69, 9.17) is 10.5 Å². The summed E-state index contributed by atoms with van der Waals surface area (Å²) in [7, 11) is 0. The third-order valence-electron chi connectivity index (χ3n) is 5.49. The van der Waals surface area contributed by atoms with Gasteiger partial charge in [0.15, 0.2) is 0 Å². The highest BCUT2D eigenvalue weighted by atomic mass is 16.5. The Bertz CT molecular complexity index is 1200. The molecule has 0 saturated heterocycles. The molecule has 4 aromatic rings. The quantitative estimate of drug-likeness (QED) is 0.426. The molecule has 0 saturated carbocycles. The van der Waals surface area contributed by atoms with Gasteiger partial charge in [0.2, 0.25) is 5.91 Å². The van der Waals surface area contributed by atoms with Crippen LogP contribution in [0.25, 0.3) is 11.0 Å². The minimum absolute atomic E-state index is 0.0120. The molecule has 3 N–H and O–H groups in total. The lowest BCUT2D eigenvalue weighted by molar-refractivity contribution is -0.117. The molecule has 0 radical (unpaired) electrons. The molecule has 2 atom stereocenters. The predicted molar refractivity (Wildman–Crippen MR) is 124 cm³/mol. The van der Waals surface area contributed by atoms with Crippen LogP contribution in [-0.2, 0) is 22.5 Å². The number of aryl methyl sites for hydroxylation is 1. The van der Waals surface area contributed by atoms with Gasteiger partial charge in [-0.3, -0.25) is 4.79 Å². The lowest BCUT2D eigenvalue weighted by Crippen LogP contribution is -2.26. The van der Waals surface area contributed by atoms with Gasteiger partial charge < -0.3 is 20.1 Å². The van der Waals surface area contributed by atoms with E-state index in [2.05, 4.69) is 18.0 Å². The Kier molecular flexibility index (Phi) is 6.63. The topological polar surface area (TPSA) is 90.4 Å². The molecule has 0 aliphatic heterocycles. The molecule has 1 aromatic heterocycles. The van der Waals surface area contributed by atoms with Crippen molar-refractivity contribution in [2.45, 2.75) is 32.1 Å². The molecule has 164 valence electrons. The number of hydrogen-bond acceptors (Lipinski definition) is 4. The van der Waals surface area contributed by atoms with Crippen LogP contribution in [0.2, 0.25) is 0 Å². The molecular weight excluding hydrogens is 402 g/mol. The fourth-order valence-electron chi connectivity index (χ4n) is 3.97. The van der Waals surface area contributed by atoms with Gasteiger partial charge in [0.25, 0.3) is 0 Å². The zero-order valence-electron chi connectivity index (χ0n) is 18.0. The van der Waals surface area contributed by atoms with Crippen molar-refractivity contribution < 1.29 is 14.6 Å². The third kappa shape index (κ3) is 4.88. The second-order valence-electron chi connectivity index (χ2n) is 7.90. The summed E-state index contributed by atoms with van der Waals surface area (Å²) < 4.78 is 8.11. The number of nitrogens with zero attached hydrogens (tertiary/aromatic N) is 2. The molecule has 6 heteroatoms. The second kappa shape index (κ2) is 9.77. The van der Waals surface area contributed by atoms with E-state index in [1.807, 2.05) is 77.4 Å². The minimum Gasteiger partial charge on any atom is -0.389 e. The number of aliphatic hydroxyl groups is 1. The van der Waals surface area contributed by atoms with Crippen molar-refractivity contribution in [1.82, 2.24) is 9.55 Å². The van der Waals surface area contributed by atoms with Crippen molar-refractivity contribution in [2.24, 2.45) is 5.73 Å². The first-order valence-corrected chi connectivity index (χ1v) is 10.7. The second-order valence-corrected chi connectivity index (χ2v) is 7.90. The zero-order chi connectivity index (χ0) is 22.5. The molecule has 4 rings (SSSR count). The Morgan fingerprint density at radius 1 is 1.03 bits per heavy atom. The Hall–Kier alpha value is -3.48. The van der Waals surface area contributed by atoms with Crippen LogP contribution in [0.4, 0.5) is 0 Å². The predicted octanol–water partition coefficient (Wildman–Crippen LogP) is 3.54. The number of hydrogen-bond donors (Lipinski definition) is 2. The van der Waals surface area contributed by atoms with Crippen molar-refractivity contribution in [3.63, 3.8) is 0 Å². The Morgan fingerprint density at radius 2 is 1.72 bits per heavy atom. The number of rotatable bonds is 9. The molecule has 3 aromatic carbocycles. The molecule has 0 fully saturated rings. The van der Waals surface area contributed by atoms with Crippen molar-refractivity contribution >= 4 is 16.9 Å². The van der Waals surface area contributed by atoms with Crippen LogP contribution in [0.15, 0.2) is 78.9 Å². The average molecular weight is 430 g/mol. The van der Waals surface area contributed by atoms with Gasteiger partial charge in [-0.05, 0) is 35.7 Å². The van der Waals surface area contributed by atoms with Gasteiger partial charge >= 0.3 is 0 Å². The molecule has 0 bridgehead atoms. The lowest BCUT2D eigenvalue weighted by atomic mass is 9.97. The van der Waals surface area contributed by atoms with Gasteiger partial charge in [0, 0.05) is 0 Å². The summed E-state index contributed by atoms with van der Waals surface area (Å²) in [4.78, 5) is 16.0. The van der Waals surface area contributed by atoms with E-state index in [9.17, 15) is 9.90 Å². The molecule has 0 aliphatic rings. The van der Waals surface area contributed by atoms with Crippen LogP contribution >= 0.6 is 0 Å². The van der Waals surface area contributed by atoms with E-state index in [1.54, 1.807) is 0 Å². The van der Waals surface area contributed by atoms with Crippen molar-refractivity contribution in [3.05, 3.63) is 101 Å². The molecule has 6 nitrogen and oxygen atoms in total. The molecule has 1 amide bonds. The van der Waals surface area contributed by atoms with E-state index in [1.165, 1.54) is 0 Å². The summed E-state index contributed by atoms with van der Waals surface area (Å²) in [5.41, 5.74) is 10.2. The number of primary amides is 1. The fraction of sp³-hybridized carbons (Fsp3) is 0.231. The summed E-state index contributed by atoms with van der Waals surface area (Å²) in [5, 5.41) is 10.9. The lowest BCUT2D eigenvalue weighted by Gasteiger charge is -2.23. The van der Waals surface area contributed by atoms with Gasteiger partial charge in [0.1, 0.15) is 11.9 Å². The Labute approximate surface area is 187 Å². The van der Waals surface area contributed by atoms with Crippen molar-refractivity contribution in [3.8, 4) is 0 Å². The van der Waals surface area contributed by atoms with Gasteiger partial charge in [0.05, 0.1) is 36.7 Å². The number of aliphatic hydroxyl groups excluding tert-OH is 1. The first kappa shape index (κ1) is 21.7.